The van der Waals surface area contributed by atoms with Crippen molar-refractivity contribution in [2.45, 2.75) is 10.3 Å². The third kappa shape index (κ3) is 5.03. The Morgan fingerprint density at radius 2 is 1.73 bits per heavy atom. The van der Waals surface area contributed by atoms with Crippen LogP contribution in [0.2, 0.25) is 0 Å². The predicted molar refractivity (Wildman–Crippen MR) is 113 cm³/mol. The number of amides is 1. The minimum absolute atomic E-state index is 0.214. The monoisotopic (exact) mass is 446 g/mol. The van der Waals surface area contributed by atoms with Crippen LogP contribution in [-0.4, -0.2) is 43.2 Å². The summed E-state index contributed by atoms with van der Waals surface area (Å²) in [6.45, 7) is -0.715. The number of sulfonamides is 1. The highest BCUT2D eigenvalue weighted by Gasteiger charge is 2.19. The molecule has 3 rings (SSSR count). The van der Waals surface area contributed by atoms with Crippen molar-refractivity contribution in [1.29, 1.82) is 0 Å². The quantitative estimate of drug-likeness (QED) is 0.420. The molecule has 1 heterocycles. The summed E-state index contributed by atoms with van der Waals surface area (Å²) in [5, 5.41) is 21.8. The maximum atomic E-state index is 12.4. The van der Waals surface area contributed by atoms with Gasteiger partial charge in [-0.15, -0.1) is 11.3 Å². The Labute approximate surface area is 176 Å². The third-order valence-corrected chi connectivity index (χ3v) is 6.92. The van der Waals surface area contributed by atoms with Crippen LogP contribution in [0.1, 0.15) is 10.4 Å². The zero-order valence-corrected chi connectivity index (χ0v) is 17.1. The summed E-state index contributed by atoms with van der Waals surface area (Å²) >= 11 is 1.12. The van der Waals surface area contributed by atoms with Crippen molar-refractivity contribution in [1.82, 2.24) is 5.32 Å². The second-order valence-electron chi connectivity index (χ2n) is 6.24. The van der Waals surface area contributed by atoms with E-state index in [1.165, 1.54) is 18.2 Å². The molecule has 0 saturated heterocycles. The highest BCUT2D eigenvalue weighted by molar-refractivity contribution is 7.94. The highest BCUT2D eigenvalue weighted by atomic mass is 32.2. The molecule has 0 fully saturated rings. The van der Waals surface area contributed by atoms with Crippen LogP contribution in [0.4, 0.5) is 5.69 Å². The number of carbonyl (C=O) groups excluding carboxylic acids is 1. The van der Waals surface area contributed by atoms with Gasteiger partial charge in [-0.2, -0.15) is 0 Å². The lowest BCUT2D eigenvalue weighted by Gasteiger charge is -2.12. The second-order valence-corrected chi connectivity index (χ2v) is 9.10. The number of benzene rings is 2. The van der Waals surface area contributed by atoms with E-state index >= 15 is 0 Å². The van der Waals surface area contributed by atoms with Gasteiger partial charge >= 0.3 is 5.97 Å². The molecule has 10 heteroatoms. The first kappa shape index (κ1) is 21.5. The fraction of sp³-hybridized carbons (Fsp3) is 0.100. The van der Waals surface area contributed by atoms with Gasteiger partial charge in [-0.25, -0.2) is 13.2 Å². The lowest BCUT2D eigenvalue weighted by molar-refractivity contribution is -0.140. The van der Waals surface area contributed by atoms with Gasteiger partial charge in [-0.1, -0.05) is 30.3 Å². The first-order valence-electron chi connectivity index (χ1n) is 8.71. The number of anilines is 1. The van der Waals surface area contributed by atoms with Gasteiger partial charge in [0, 0.05) is 11.3 Å². The van der Waals surface area contributed by atoms with Crippen LogP contribution in [0.15, 0.2) is 70.3 Å². The van der Waals surface area contributed by atoms with Crippen molar-refractivity contribution < 1.29 is 28.2 Å². The number of hydrogen-bond donors (Lipinski definition) is 4. The van der Waals surface area contributed by atoms with Crippen LogP contribution in [0.25, 0.3) is 11.1 Å². The van der Waals surface area contributed by atoms with E-state index in [4.69, 9.17) is 10.2 Å². The highest BCUT2D eigenvalue weighted by Crippen LogP contribution is 2.25. The largest absolute Gasteiger partial charge is 0.480 e. The Balaban J connectivity index is 1.76. The average molecular weight is 447 g/mol. The standard InChI is InChI=1S/C20H18N2O6S2/c23-12-17(20(25)26)21-19(24)14-8-6-13(7-9-14)15-3-1-4-16(11-15)22-30(27,28)18-5-2-10-29-18/h1-11,17,22-23H,12H2,(H,21,24)(H,25,26). The van der Waals surface area contributed by atoms with Crippen LogP contribution < -0.4 is 10.0 Å². The van der Waals surface area contributed by atoms with E-state index in [9.17, 15) is 18.0 Å². The zero-order chi connectivity index (χ0) is 21.7. The molecule has 4 N–H and O–H groups in total. The van der Waals surface area contributed by atoms with Gasteiger partial charge in [0.1, 0.15) is 4.21 Å². The van der Waals surface area contributed by atoms with Gasteiger partial charge in [-0.3, -0.25) is 9.52 Å². The number of nitrogens with one attached hydrogen (secondary N) is 2. The molecule has 0 saturated carbocycles. The molecule has 30 heavy (non-hydrogen) atoms. The molecule has 0 aliphatic rings. The Morgan fingerprint density at radius 3 is 2.33 bits per heavy atom. The fourth-order valence-corrected chi connectivity index (χ4v) is 4.67. The third-order valence-electron chi connectivity index (χ3n) is 4.14. The normalized spacial score (nSPS) is 12.2. The molecule has 8 nitrogen and oxygen atoms in total. The van der Waals surface area contributed by atoms with Crippen LogP contribution in [0.3, 0.4) is 0 Å². The molecule has 0 radical (unpaired) electrons. The van der Waals surface area contributed by atoms with Crippen LogP contribution >= 0.6 is 11.3 Å². The van der Waals surface area contributed by atoms with E-state index in [1.807, 2.05) is 0 Å². The molecule has 1 aromatic heterocycles. The Kier molecular flexibility index (Phi) is 6.50. The number of carbonyl (C=O) groups is 2. The van der Waals surface area contributed by atoms with Crippen LogP contribution in [0, 0.1) is 0 Å². The number of rotatable bonds is 8. The van der Waals surface area contributed by atoms with Crippen molar-refractivity contribution in [2.75, 3.05) is 11.3 Å². The lowest BCUT2D eigenvalue weighted by Crippen LogP contribution is -2.43. The van der Waals surface area contributed by atoms with Crippen LogP contribution in [-0.2, 0) is 14.8 Å². The molecule has 0 spiro atoms. The SMILES string of the molecule is O=C(NC(CO)C(=O)O)c1ccc(-c2cccc(NS(=O)(=O)c3cccs3)c2)cc1. The number of thiophene rings is 1. The molecule has 2 aromatic carbocycles. The van der Waals surface area contributed by atoms with Crippen LogP contribution in [0.5, 0.6) is 0 Å². The van der Waals surface area contributed by atoms with Crippen molar-refractivity contribution in [3.63, 3.8) is 0 Å². The lowest BCUT2D eigenvalue weighted by atomic mass is 10.0. The topological polar surface area (TPSA) is 133 Å². The molecule has 1 unspecified atom stereocenters. The van der Waals surface area contributed by atoms with E-state index in [0.29, 0.717) is 5.69 Å². The Hall–Kier alpha value is -3.21. The summed E-state index contributed by atoms with van der Waals surface area (Å²) in [6, 6.07) is 15.0. The summed E-state index contributed by atoms with van der Waals surface area (Å²) in [6.07, 6.45) is 0. The van der Waals surface area contributed by atoms with Crippen molar-refractivity contribution in [3.05, 3.63) is 71.6 Å². The van der Waals surface area contributed by atoms with E-state index in [2.05, 4.69) is 10.0 Å². The fourth-order valence-electron chi connectivity index (χ4n) is 2.63. The van der Waals surface area contributed by atoms with E-state index in [1.54, 1.807) is 47.8 Å². The van der Waals surface area contributed by atoms with Gasteiger partial charge in [0.05, 0.1) is 6.61 Å². The average Bonchev–Trinajstić information content (AvgIpc) is 3.27. The van der Waals surface area contributed by atoms with E-state index in [0.717, 1.165) is 22.5 Å². The van der Waals surface area contributed by atoms with Crippen molar-refractivity contribution >= 4 is 38.9 Å². The number of aliphatic hydroxyl groups excluding tert-OH is 1. The number of aliphatic carboxylic acids is 1. The summed E-state index contributed by atoms with van der Waals surface area (Å²) in [7, 11) is -3.66. The van der Waals surface area contributed by atoms with Gasteiger partial charge in [0.2, 0.25) is 0 Å². The summed E-state index contributed by atoms with van der Waals surface area (Å²) in [4.78, 5) is 23.0. The van der Waals surface area contributed by atoms with Gasteiger partial charge in [0.15, 0.2) is 6.04 Å². The predicted octanol–water partition coefficient (Wildman–Crippen LogP) is 2.39. The Bertz CT molecular complexity index is 1140. The zero-order valence-electron chi connectivity index (χ0n) is 15.5. The van der Waals surface area contributed by atoms with E-state index < -0.39 is 34.5 Å². The molecule has 0 bridgehead atoms. The number of hydrogen-bond acceptors (Lipinski definition) is 6. The minimum atomic E-state index is -3.66. The summed E-state index contributed by atoms with van der Waals surface area (Å²) < 4.78 is 27.5. The molecular weight excluding hydrogens is 428 g/mol. The van der Waals surface area contributed by atoms with E-state index in [-0.39, 0.29) is 9.77 Å². The molecule has 156 valence electrons. The van der Waals surface area contributed by atoms with Gasteiger partial charge in [0.25, 0.3) is 15.9 Å². The second kappa shape index (κ2) is 9.08. The molecule has 1 amide bonds. The first-order chi connectivity index (χ1) is 14.3. The number of aliphatic hydroxyl groups is 1. The molecular formula is C20H18N2O6S2. The maximum Gasteiger partial charge on any atom is 0.328 e. The number of carboxylic acid groups (broad SMARTS) is 1. The molecule has 3 aromatic rings. The summed E-state index contributed by atoms with van der Waals surface area (Å²) in [5.74, 6) is -1.95. The van der Waals surface area contributed by atoms with Crippen molar-refractivity contribution in [2.24, 2.45) is 0 Å². The van der Waals surface area contributed by atoms with Gasteiger partial charge < -0.3 is 15.5 Å². The smallest absolute Gasteiger partial charge is 0.328 e. The number of carboxylic acids is 1. The first-order valence-corrected chi connectivity index (χ1v) is 11.1. The molecule has 0 aliphatic carbocycles. The minimum Gasteiger partial charge on any atom is -0.480 e. The van der Waals surface area contributed by atoms with Crippen molar-refractivity contribution in [3.8, 4) is 11.1 Å². The van der Waals surface area contributed by atoms with Gasteiger partial charge in [-0.05, 0) is 46.8 Å². The Morgan fingerprint density at radius 1 is 1.00 bits per heavy atom. The summed E-state index contributed by atoms with van der Waals surface area (Å²) in [5.41, 5.74) is 2.09. The maximum absolute atomic E-state index is 12.4. The molecule has 1 atom stereocenters. The molecule has 0 aliphatic heterocycles.